The maximum Gasteiger partial charge on any atom is 0.251 e. The zero-order valence-electron chi connectivity index (χ0n) is 12.8. The summed E-state index contributed by atoms with van der Waals surface area (Å²) >= 11 is 0. The molecule has 0 aliphatic heterocycles. The SMILES string of the molecule is CC(C)(C)CC(C)(C)NC(=O)c1ccc2ocnc2c1. The summed E-state index contributed by atoms with van der Waals surface area (Å²) in [6.45, 7) is 10.6. The minimum absolute atomic E-state index is 0.0795. The van der Waals surface area contributed by atoms with Crippen LogP contribution in [0.1, 0.15) is 51.4 Å². The van der Waals surface area contributed by atoms with Crippen LogP contribution in [0.25, 0.3) is 11.1 Å². The summed E-state index contributed by atoms with van der Waals surface area (Å²) < 4.78 is 5.18. The van der Waals surface area contributed by atoms with Crippen LogP contribution in [0.15, 0.2) is 29.0 Å². The summed E-state index contributed by atoms with van der Waals surface area (Å²) in [7, 11) is 0. The minimum atomic E-state index is -0.256. The highest BCUT2D eigenvalue weighted by Gasteiger charge is 2.27. The summed E-state index contributed by atoms with van der Waals surface area (Å²) in [5.74, 6) is -0.0795. The molecule has 1 amide bonds. The van der Waals surface area contributed by atoms with Crippen LogP contribution < -0.4 is 5.32 Å². The molecule has 2 aromatic rings. The van der Waals surface area contributed by atoms with Gasteiger partial charge in [-0.1, -0.05) is 20.8 Å². The van der Waals surface area contributed by atoms with Crippen LogP contribution in [-0.4, -0.2) is 16.4 Å². The molecule has 0 atom stereocenters. The molecule has 0 saturated carbocycles. The topological polar surface area (TPSA) is 55.1 Å². The van der Waals surface area contributed by atoms with Gasteiger partial charge in [-0.05, 0) is 43.9 Å². The maximum atomic E-state index is 12.3. The molecule has 0 radical (unpaired) electrons. The van der Waals surface area contributed by atoms with Crippen LogP contribution in [0, 0.1) is 5.41 Å². The Hall–Kier alpha value is -1.84. The van der Waals surface area contributed by atoms with Crippen LogP contribution in [0.2, 0.25) is 0 Å². The van der Waals surface area contributed by atoms with Crippen LogP contribution in [0.5, 0.6) is 0 Å². The summed E-state index contributed by atoms with van der Waals surface area (Å²) in [5.41, 5.74) is 1.90. The Bertz CT molecular complexity index is 621. The zero-order chi connectivity index (χ0) is 15.0. The van der Waals surface area contributed by atoms with Gasteiger partial charge < -0.3 is 9.73 Å². The van der Waals surface area contributed by atoms with Gasteiger partial charge in [-0.2, -0.15) is 0 Å². The van der Waals surface area contributed by atoms with E-state index >= 15 is 0 Å². The van der Waals surface area contributed by atoms with Gasteiger partial charge in [-0.25, -0.2) is 4.98 Å². The van der Waals surface area contributed by atoms with Gasteiger partial charge in [0, 0.05) is 11.1 Å². The number of rotatable bonds is 3. The third kappa shape index (κ3) is 3.59. The second-order valence-electron chi connectivity index (χ2n) is 7.11. The van der Waals surface area contributed by atoms with Crippen molar-refractivity contribution in [2.24, 2.45) is 5.41 Å². The molecule has 0 spiro atoms. The van der Waals surface area contributed by atoms with Crippen molar-refractivity contribution in [3.63, 3.8) is 0 Å². The predicted molar refractivity (Wildman–Crippen MR) is 79.6 cm³/mol. The van der Waals surface area contributed by atoms with Crippen molar-refractivity contribution in [1.29, 1.82) is 0 Å². The quantitative estimate of drug-likeness (QED) is 0.926. The average Bonchev–Trinajstić information content (AvgIpc) is 2.71. The van der Waals surface area contributed by atoms with Crippen molar-refractivity contribution in [1.82, 2.24) is 10.3 Å². The molecule has 0 aliphatic carbocycles. The van der Waals surface area contributed by atoms with E-state index in [2.05, 4.69) is 31.1 Å². The number of hydrogen-bond acceptors (Lipinski definition) is 3. The van der Waals surface area contributed by atoms with Gasteiger partial charge in [-0.15, -0.1) is 0 Å². The average molecular weight is 274 g/mol. The van der Waals surface area contributed by atoms with Crippen molar-refractivity contribution in [3.05, 3.63) is 30.2 Å². The number of oxazole rings is 1. The molecular formula is C16H22N2O2. The van der Waals surface area contributed by atoms with Crippen LogP contribution in [0.4, 0.5) is 0 Å². The summed E-state index contributed by atoms with van der Waals surface area (Å²) in [6, 6.07) is 5.28. The standard InChI is InChI=1S/C16H22N2O2/c1-15(2,3)9-16(4,5)18-14(19)11-6-7-13-12(8-11)17-10-20-13/h6-8,10H,9H2,1-5H3,(H,18,19). The molecule has 108 valence electrons. The molecule has 0 bridgehead atoms. The van der Waals surface area contributed by atoms with E-state index in [0.717, 1.165) is 6.42 Å². The largest absolute Gasteiger partial charge is 0.443 e. The highest BCUT2D eigenvalue weighted by Crippen LogP contribution is 2.27. The maximum absolute atomic E-state index is 12.3. The van der Waals surface area contributed by atoms with E-state index in [-0.39, 0.29) is 16.9 Å². The Morgan fingerprint density at radius 1 is 1.25 bits per heavy atom. The van der Waals surface area contributed by atoms with E-state index in [1.807, 2.05) is 13.8 Å². The Labute approximate surface area is 119 Å². The lowest BCUT2D eigenvalue weighted by atomic mass is 9.81. The lowest BCUT2D eigenvalue weighted by Gasteiger charge is -2.33. The van der Waals surface area contributed by atoms with Gasteiger partial charge in [0.2, 0.25) is 0 Å². The predicted octanol–water partition coefficient (Wildman–Crippen LogP) is 3.77. The zero-order valence-corrected chi connectivity index (χ0v) is 12.8. The number of nitrogens with zero attached hydrogens (tertiary/aromatic N) is 1. The first-order valence-electron chi connectivity index (χ1n) is 6.82. The molecule has 1 aromatic heterocycles. The van der Waals surface area contributed by atoms with Gasteiger partial charge in [0.25, 0.3) is 5.91 Å². The van der Waals surface area contributed by atoms with Gasteiger partial charge in [0.15, 0.2) is 12.0 Å². The van der Waals surface area contributed by atoms with E-state index < -0.39 is 0 Å². The molecule has 20 heavy (non-hydrogen) atoms. The van der Waals surface area contributed by atoms with Gasteiger partial charge in [0.05, 0.1) is 0 Å². The summed E-state index contributed by atoms with van der Waals surface area (Å²) in [4.78, 5) is 16.4. The number of hydrogen-bond donors (Lipinski definition) is 1. The van der Waals surface area contributed by atoms with Gasteiger partial charge in [0.1, 0.15) is 5.52 Å². The number of carbonyl (C=O) groups is 1. The van der Waals surface area contributed by atoms with E-state index in [1.165, 1.54) is 6.39 Å². The fraction of sp³-hybridized carbons (Fsp3) is 0.500. The lowest BCUT2D eigenvalue weighted by Crippen LogP contribution is -2.45. The monoisotopic (exact) mass is 274 g/mol. The summed E-state index contributed by atoms with van der Waals surface area (Å²) in [5, 5.41) is 3.09. The smallest absolute Gasteiger partial charge is 0.251 e. The van der Waals surface area contributed by atoms with Gasteiger partial charge in [-0.3, -0.25) is 4.79 Å². The van der Waals surface area contributed by atoms with E-state index in [1.54, 1.807) is 18.2 Å². The number of nitrogens with one attached hydrogen (secondary N) is 1. The van der Waals surface area contributed by atoms with E-state index in [0.29, 0.717) is 16.7 Å². The number of carbonyl (C=O) groups excluding carboxylic acids is 1. The molecule has 4 nitrogen and oxygen atoms in total. The fourth-order valence-electron chi connectivity index (χ4n) is 2.75. The highest BCUT2D eigenvalue weighted by atomic mass is 16.3. The summed E-state index contributed by atoms with van der Waals surface area (Å²) in [6.07, 6.45) is 2.29. The third-order valence-electron chi connectivity index (χ3n) is 3.02. The molecule has 2 rings (SSSR count). The number of fused-ring (bicyclic) bond motifs is 1. The first-order valence-corrected chi connectivity index (χ1v) is 6.82. The molecule has 0 unspecified atom stereocenters. The van der Waals surface area contributed by atoms with Crippen LogP contribution in [0.3, 0.4) is 0 Å². The Morgan fingerprint density at radius 3 is 2.60 bits per heavy atom. The van der Waals surface area contributed by atoms with E-state index in [4.69, 9.17) is 4.42 Å². The van der Waals surface area contributed by atoms with Crippen molar-refractivity contribution in [3.8, 4) is 0 Å². The van der Waals surface area contributed by atoms with Crippen LogP contribution in [-0.2, 0) is 0 Å². The molecule has 4 heteroatoms. The number of aromatic nitrogens is 1. The lowest BCUT2D eigenvalue weighted by molar-refractivity contribution is 0.0891. The Balaban J connectivity index is 2.14. The third-order valence-corrected chi connectivity index (χ3v) is 3.02. The molecule has 1 N–H and O–H groups in total. The molecule has 0 fully saturated rings. The fourth-order valence-corrected chi connectivity index (χ4v) is 2.75. The first kappa shape index (κ1) is 14.6. The molecule has 1 aromatic carbocycles. The molecular weight excluding hydrogens is 252 g/mol. The van der Waals surface area contributed by atoms with Gasteiger partial charge >= 0.3 is 0 Å². The molecule has 0 aliphatic rings. The minimum Gasteiger partial charge on any atom is -0.443 e. The van der Waals surface area contributed by atoms with Crippen molar-refractivity contribution in [2.45, 2.75) is 46.6 Å². The second-order valence-corrected chi connectivity index (χ2v) is 7.11. The molecule has 0 saturated heterocycles. The molecule has 1 heterocycles. The van der Waals surface area contributed by atoms with Crippen molar-refractivity contribution >= 4 is 17.0 Å². The highest BCUT2D eigenvalue weighted by molar-refractivity contribution is 5.97. The number of amides is 1. The van der Waals surface area contributed by atoms with Crippen LogP contribution >= 0.6 is 0 Å². The number of benzene rings is 1. The first-order chi connectivity index (χ1) is 9.16. The van der Waals surface area contributed by atoms with E-state index in [9.17, 15) is 4.79 Å². The Morgan fingerprint density at radius 2 is 1.95 bits per heavy atom. The Kier molecular flexibility index (Phi) is 3.59. The normalized spacial score (nSPS) is 12.7. The second kappa shape index (κ2) is 4.93. The van der Waals surface area contributed by atoms with Crippen molar-refractivity contribution in [2.75, 3.05) is 0 Å². The van der Waals surface area contributed by atoms with Crippen molar-refractivity contribution < 1.29 is 9.21 Å².